The van der Waals surface area contributed by atoms with Crippen LogP contribution in [0.5, 0.6) is 5.75 Å². The number of aromatic nitrogens is 3. The minimum absolute atomic E-state index is 0.0236. The van der Waals surface area contributed by atoms with Crippen molar-refractivity contribution in [1.82, 2.24) is 35.4 Å². The van der Waals surface area contributed by atoms with Gasteiger partial charge >= 0.3 is 0 Å². The molecule has 2 aliphatic heterocycles. The second-order valence-corrected chi connectivity index (χ2v) is 25.5. The van der Waals surface area contributed by atoms with Gasteiger partial charge in [0.05, 0.1) is 75.3 Å². The van der Waals surface area contributed by atoms with Gasteiger partial charge in [-0.05, 0) is 119 Å². The van der Waals surface area contributed by atoms with Crippen LogP contribution in [0.1, 0.15) is 109 Å². The van der Waals surface area contributed by atoms with Crippen LogP contribution in [-0.2, 0) is 38.5 Å². The number of amides is 4. The molecular formula is C57H74ClN9O10S2. The number of likely N-dealkylation sites (tertiary alicyclic amines) is 2. The molecule has 426 valence electrons. The number of hydrogen-bond donors (Lipinski definition) is 5. The minimum Gasteiger partial charge on any atom is -0.489 e. The van der Waals surface area contributed by atoms with Gasteiger partial charge in [-0.25, -0.2) is 18.4 Å². The maximum atomic E-state index is 14.1. The Hall–Kier alpha value is -6.23. The maximum absolute atomic E-state index is 14.1. The van der Waals surface area contributed by atoms with Gasteiger partial charge in [-0.1, -0.05) is 68.8 Å². The van der Waals surface area contributed by atoms with Crippen LogP contribution in [-0.4, -0.2) is 138 Å². The lowest BCUT2D eigenvalue weighted by Gasteiger charge is -2.35. The average Bonchev–Trinajstić information content (AvgIpc) is 4.04. The zero-order valence-corrected chi connectivity index (χ0v) is 49.0. The van der Waals surface area contributed by atoms with Gasteiger partial charge in [0.15, 0.2) is 15.7 Å². The van der Waals surface area contributed by atoms with E-state index in [1.807, 2.05) is 91.8 Å². The third kappa shape index (κ3) is 15.4. The molecule has 5 aromatic rings. The van der Waals surface area contributed by atoms with Gasteiger partial charge in [-0.2, -0.15) is 4.98 Å². The molecule has 0 saturated carbocycles. The molecule has 2 fully saturated rings. The van der Waals surface area contributed by atoms with E-state index >= 15 is 0 Å². The van der Waals surface area contributed by atoms with E-state index in [2.05, 4.69) is 36.2 Å². The summed E-state index contributed by atoms with van der Waals surface area (Å²) in [6.07, 6.45) is 1.86. The third-order valence-corrected chi connectivity index (χ3v) is 17.4. The molecule has 2 aromatic heterocycles. The highest BCUT2D eigenvalue weighted by Gasteiger charge is 2.45. The lowest BCUT2D eigenvalue weighted by molar-refractivity contribution is -0.145. The number of aliphatic hydroxyl groups is 1. The molecule has 79 heavy (non-hydrogen) atoms. The van der Waals surface area contributed by atoms with Crippen molar-refractivity contribution in [2.24, 2.45) is 5.41 Å². The molecule has 5 N–H and O–H groups in total. The number of piperidine rings is 1. The monoisotopic (exact) mass is 1140 g/mol. The number of hydrogen-bond acceptors (Lipinski definition) is 16. The Morgan fingerprint density at radius 1 is 0.886 bits per heavy atom. The maximum Gasteiger partial charge on any atom is 0.248 e. The quantitative estimate of drug-likeness (QED) is 0.0408. The number of halogens is 1. The van der Waals surface area contributed by atoms with E-state index in [-0.39, 0.29) is 85.0 Å². The average molecular weight is 1140 g/mol. The highest BCUT2D eigenvalue weighted by molar-refractivity contribution is 7.92. The summed E-state index contributed by atoms with van der Waals surface area (Å²) < 4.78 is 43.8. The predicted molar refractivity (Wildman–Crippen MR) is 306 cm³/mol. The summed E-state index contributed by atoms with van der Waals surface area (Å²) in [6, 6.07) is 16.1. The number of thiazole rings is 1. The minimum atomic E-state index is -3.61. The molecule has 2 saturated heterocycles. The molecule has 7 rings (SSSR count). The van der Waals surface area contributed by atoms with Crippen LogP contribution >= 0.6 is 22.9 Å². The van der Waals surface area contributed by atoms with Crippen LogP contribution in [0.2, 0.25) is 5.02 Å². The van der Waals surface area contributed by atoms with Gasteiger partial charge < -0.3 is 50.4 Å². The van der Waals surface area contributed by atoms with Gasteiger partial charge in [0, 0.05) is 26.1 Å². The Kier molecular flexibility index (Phi) is 20.2. The van der Waals surface area contributed by atoms with Crippen molar-refractivity contribution in [3.8, 4) is 16.2 Å². The van der Waals surface area contributed by atoms with Crippen molar-refractivity contribution in [1.29, 1.82) is 0 Å². The summed E-state index contributed by atoms with van der Waals surface area (Å²) in [6.45, 7) is 19.0. The number of nitrogens with one attached hydrogen (secondary N) is 4. The lowest BCUT2D eigenvalue weighted by atomic mass is 9.85. The summed E-state index contributed by atoms with van der Waals surface area (Å²) in [5, 5.41) is 22.4. The molecule has 3 aromatic carbocycles. The van der Waals surface area contributed by atoms with Crippen molar-refractivity contribution >= 4 is 79.5 Å². The van der Waals surface area contributed by atoms with E-state index in [1.54, 1.807) is 59.9 Å². The summed E-state index contributed by atoms with van der Waals surface area (Å²) >= 11 is 8.08. The molecule has 22 heteroatoms. The predicted octanol–water partition coefficient (Wildman–Crippen LogP) is 8.44. The normalized spacial score (nSPS) is 16.9. The van der Waals surface area contributed by atoms with Crippen molar-refractivity contribution in [3.05, 3.63) is 99.8 Å². The fourth-order valence-corrected chi connectivity index (χ4v) is 11.8. The number of aliphatic hydroxyl groups excluding tert-OH is 1. The molecule has 0 aliphatic carbocycles. The Morgan fingerprint density at radius 2 is 1.57 bits per heavy atom. The summed E-state index contributed by atoms with van der Waals surface area (Å²) in [5.41, 5.74) is 6.99. The number of anilines is 4. The van der Waals surface area contributed by atoms with Gasteiger partial charge in [0.25, 0.3) is 0 Å². The molecule has 4 amide bonds. The van der Waals surface area contributed by atoms with Crippen LogP contribution in [0.3, 0.4) is 0 Å². The number of nitrogens with zero attached hydrogens (tertiary/aromatic N) is 5. The summed E-state index contributed by atoms with van der Waals surface area (Å²) in [5.74, 6) is -0.399. The Morgan fingerprint density at radius 3 is 2.22 bits per heavy atom. The largest absolute Gasteiger partial charge is 0.489 e. The molecule has 0 radical (unpaired) electrons. The second-order valence-electron chi connectivity index (χ2n) is 21.7. The zero-order valence-electron chi connectivity index (χ0n) is 46.6. The van der Waals surface area contributed by atoms with Crippen LogP contribution < -0.4 is 26.0 Å². The van der Waals surface area contributed by atoms with Crippen LogP contribution in [0, 0.1) is 19.3 Å². The summed E-state index contributed by atoms with van der Waals surface area (Å²) in [4.78, 5) is 72.0. The van der Waals surface area contributed by atoms with Crippen molar-refractivity contribution in [2.45, 2.75) is 135 Å². The first-order valence-electron chi connectivity index (χ1n) is 26.6. The number of β-amino-alcohol motifs (C(OH)–C–C–N with tert-alkyl or cyclic N) is 1. The first-order valence-corrected chi connectivity index (χ1v) is 29.4. The third-order valence-electron chi connectivity index (χ3n) is 14.0. The molecule has 0 bridgehead atoms. The first kappa shape index (κ1) is 60.4. The standard InChI is InChI=1S/C57H74ClN9O10S2/c1-33(2)77-47-27-42(35(5)25-45(47)63-56-59-28-43(58)53(65-56)62-44-13-11-12-14-48(44)79(73,74)34(3)4)39-19-21-66(22-20-39)50(70)31-76-24-23-75-30-49(69)64-52(57(8,9)10)55(72)67-29-41(68)26-46(67)54(71)61-36(6)38-15-17-40(18-16-38)51-37(7)60-32-78-51/h11-18,25,27-28,32-34,36,39,41,46,52,68H,19-24,26,29-31H2,1-10H3,(H,61,71)(H,64,69)(H2,59,62,63,65). The fourth-order valence-electron chi connectivity index (χ4n) is 9.62. The van der Waals surface area contributed by atoms with Gasteiger partial charge in [0.1, 0.15) is 36.1 Å². The van der Waals surface area contributed by atoms with Gasteiger partial charge in [-0.15, -0.1) is 11.3 Å². The Labute approximate surface area is 472 Å². The number of sulfone groups is 1. The van der Waals surface area contributed by atoms with E-state index < -0.39 is 56.4 Å². The summed E-state index contributed by atoms with van der Waals surface area (Å²) in [7, 11) is -3.61. The van der Waals surface area contributed by atoms with E-state index in [9.17, 15) is 32.7 Å². The number of benzene rings is 3. The number of carbonyl (C=O) groups is 4. The number of rotatable bonds is 22. The molecule has 2 aliphatic rings. The van der Waals surface area contributed by atoms with Crippen molar-refractivity contribution < 1.29 is 46.9 Å². The zero-order chi connectivity index (χ0) is 57.3. The number of aryl methyl sites for hydroxylation is 2. The lowest BCUT2D eigenvalue weighted by Crippen LogP contribution is -2.58. The molecule has 4 heterocycles. The molecule has 0 spiro atoms. The molecule has 4 unspecified atom stereocenters. The molecule has 19 nitrogen and oxygen atoms in total. The Balaban J connectivity index is 0.858. The molecular weight excluding hydrogens is 1070 g/mol. The van der Waals surface area contributed by atoms with Gasteiger partial charge in [-0.3, -0.25) is 19.2 Å². The van der Waals surface area contributed by atoms with Crippen molar-refractivity contribution in [3.63, 3.8) is 0 Å². The van der Waals surface area contributed by atoms with Crippen molar-refractivity contribution in [2.75, 3.05) is 56.7 Å². The topological polar surface area (TPSA) is 244 Å². The van der Waals surface area contributed by atoms with E-state index in [1.165, 1.54) is 11.1 Å². The number of carbonyl (C=O) groups excluding carboxylic acids is 4. The van der Waals surface area contributed by atoms with Crippen LogP contribution in [0.15, 0.2) is 77.3 Å². The van der Waals surface area contributed by atoms with Gasteiger partial charge in [0.2, 0.25) is 29.6 Å². The highest BCUT2D eigenvalue weighted by Crippen LogP contribution is 2.39. The van der Waals surface area contributed by atoms with E-state index in [4.69, 9.17) is 25.8 Å². The Bertz CT molecular complexity index is 3070. The van der Waals surface area contributed by atoms with E-state index in [0.29, 0.717) is 30.2 Å². The van der Waals surface area contributed by atoms with Crippen LogP contribution in [0.25, 0.3) is 10.4 Å². The molecule has 4 atom stereocenters. The fraction of sp³-hybridized carbons (Fsp3) is 0.491. The van der Waals surface area contributed by atoms with Crippen LogP contribution in [0.4, 0.5) is 23.1 Å². The van der Waals surface area contributed by atoms with E-state index in [0.717, 1.165) is 45.7 Å². The second kappa shape index (κ2) is 26.4. The smallest absolute Gasteiger partial charge is 0.248 e. The number of para-hydroxylation sites is 1. The SMILES string of the molecule is Cc1cc(Nc2ncc(Cl)c(Nc3ccccc3S(=O)(=O)C(C)C)n2)c(OC(C)C)cc1C1CCN(C(=O)COCCOCC(=O)NC(C(=O)N2CC(O)CC2C(=O)NC(C)c2ccc(-c3scnc3C)cc2)C(C)(C)C)CC1. The number of ether oxygens (including phenoxy) is 3. The first-order chi connectivity index (χ1) is 37.4. The highest BCUT2D eigenvalue weighted by atomic mass is 35.5.